The summed E-state index contributed by atoms with van der Waals surface area (Å²) in [6.45, 7) is 0.906. The Balaban J connectivity index is 1.75. The zero-order chi connectivity index (χ0) is 18.1. The van der Waals surface area contributed by atoms with Gasteiger partial charge < -0.3 is 20.8 Å². The fraction of sp³-hybridized carbons (Fsp3) is 0.167. The van der Waals surface area contributed by atoms with Gasteiger partial charge in [0.1, 0.15) is 11.3 Å². The first kappa shape index (κ1) is 16.1. The molecule has 4 rings (SSSR count). The molecule has 132 valence electrons. The molecule has 5 N–H and O–H groups in total. The topological polar surface area (TPSA) is 122 Å². The Morgan fingerprint density at radius 3 is 3.00 bits per heavy atom. The number of aromatic nitrogens is 4. The summed E-state index contributed by atoms with van der Waals surface area (Å²) in [5.41, 5.74) is 9.84. The van der Waals surface area contributed by atoms with E-state index in [0.717, 1.165) is 27.4 Å². The summed E-state index contributed by atoms with van der Waals surface area (Å²) in [5, 5.41) is 11.4. The van der Waals surface area contributed by atoms with Gasteiger partial charge in [-0.25, -0.2) is 4.98 Å². The summed E-state index contributed by atoms with van der Waals surface area (Å²) in [7, 11) is 1.59. The van der Waals surface area contributed by atoms with Crippen LogP contribution in [-0.2, 0) is 4.74 Å². The van der Waals surface area contributed by atoms with E-state index in [4.69, 9.17) is 10.5 Å². The van der Waals surface area contributed by atoms with E-state index in [1.165, 1.54) is 0 Å². The highest BCUT2D eigenvalue weighted by atomic mass is 16.5. The fourth-order valence-electron chi connectivity index (χ4n) is 2.96. The first-order valence-corrected chi connectivity index (χ1v) is 8.16. The Labute approximate surface area is 148 Å². The van der Waals surface area contributed by atoms with E-state index in [9.17, 15) is 4.79 Å². The molecule has 4 aromatic rings. The molecule has 3 heterocycles. The largest absolute Gasteiger partial charge is 0.383 e. The smallest absolute Gasteiger partial charge is 0.267 e. The van der Waals surface area contributed by atoms with Crippen molar-refractivity contribution >= 4 is 33.7 Å². The van der Waals surface area contributed by atoms with Crippen LogP contribution in [0.5, 0.6) is 0 Å². The average Bonchev–Trinajstić information content (AvgIpc) is 3.25. The molecule has 0 aliphatic rings. The molecular weight excluding hydrogens is 332 g/mol. The number of pyridine rings is 1. The third-order valence-corrected chi connectivity index (χ3v) is 4.27. The number of amides is 1. The Kier molecular flexibility index (Phi) is 4.02. The van der Waals surface area contributed by atoms with Crippen LogP contribution in [0.25, 0.3) is 33.1 Å². The van der Waals surface area contributed by atoms with Gasteiger partial charge in [0.2, 0.25) is 0 Å². The van der Waals surface area contributed by atoms with Crippen LogP contribution in [0.15, 0.2) is 36.5 Å². The molecule has 0 fully saturated rings. The van der Waals surface area contributed by atoms with Gasteiger partial charge in [-0.2, -0.15) is 5.10 Å². The summed E-state index contributed by atoms with van der Waals surface area (Å²) < 4.78 is 4.95. The van der Waals surface area contributed by atoms with E-state index in [2.05, 4.69) is 25.5 Å². The quantitative estimate of drug-likeness (QED) is 0.411. The van der Waals surface area contributed by atoms with Crippen LogP contribution in [0.2, 0.25) is 0 Å². The number of carbonyl (C=O) groups is 1. The second-order valence-electron chi connectivity index (χ2n) is 5.92. The first-order valence-electron chi connectivity index (χ1n) is 8.16. The van der Waals surface area contributed by atoms with Crippen LogP contribution in [0.3, 0.4) is 0 Å². The molecule has 1 aromatic carbocycles. The summed E-state index contributed by atoms with van der Waals surface area (Å²) in [6, 6.07) is 9.63. The van der Waals surface area contributed by atoms with Gasteiger partial charge in [0.15, 0.2) is 5.82 Å². The lowest BCUT2D eigenvalue weighted by Crippen LogP contribution is -2.27. The number of hydrogen-bond acceptors (Lipinski definition) is 5. The normalized spacial score (nSPS) is 11.3. The number of nitrogens with zero attached hydrogens (tertiary/aromatic N) is 2. The van der Waals surface area contributed by atoms with Gasteiger partial charge in [0, 0.05) is 30.6 Å². The van der Waals surface area contributed by atoms with Gasteiger partial charge in [0.25, 0.3) is 5.91 Å². The second kappa shape index (κ2) is 6.49. The summed E-state index contributed by atoms with van der Waals surface area (Å²) >= 11 is 0. The maximum Gasteiger partial charge on any atom is 0.267 e. The molecular formula is C18H18N6O2. The molecule has 3 aromatic heterocycles. The lowest BCUT2D eigenvalue weighted by molar-refractivity contribution is 0.0933. The molecule has 8 heteroatoms. The third-order valence-electron chi connectivity index (χ3n) is 4.27. The van der Waals surface area contributed by atoms with Crippen LogP contribution < -0.4 is 11.1 Å². The van der Waals surface area contributed by atoms with Crippen molar-refractivity contribution in [1.29, 1.82) is 0 Å². The SMILES string of the molecule is COCCNC(=O)c1cc2c(-c3ccc4[nH]nc(N)c4c3)ccnc2[nH]1. The van der Waals surface area contributed by atoms with Crippen LogP contribution in [0.1, 0.15) is 10.5 Å². The van der Waals surface area contributed by atoms with Gasteiger partial charge in [-0.3, -0.25) is 9.89 Å². The van der Waals surface area contributed by atoms with E-state index in [-0.39, 0.29) is 5.91 Å². The van der Waals surface area contributed by atoms with Crippen molar-refractivity contribution in [1.82, 2.24) is 25.5 Å². The highest BCUT2D eigenvalue weighted by molar-refractivity contribution is 6.03. The molecule has 26 heavy (non-hydrogen) atoms. The van der Waals surface area contributed by atoms with Crippen molar-refractivity contribution in [3.8, 4) is 11.1 Å². The third kappa shape index (κ3) is 2.76. The number of aromatic amines is 2. The molecule has 0 radical (unpaired) electrons. The maximum atomic E-state index is 12.3. The summed E-state index contributed by atoms with van der Waals surface area (Å²) in [5.74, 6) is 0.264. The van der Waals surface area contributed by atoms with Crippen molar-refractivity contribution in [3.63, 3.8) is 0 Å². The van der Waals surface area contributed by atoms with Crippen LogP contribution >= 0.6 is 0 Å². The lowest BCUT2D eigenvalue weighted by atomic mass is 10.0. The van der Waals surface area contributed by atoms with Gasteiger partial charge >= 0.3 is 0 Å². The zero-order valence-electron chi connectivity index (χ0n) is 14.2. The van der Waals surface area contributed by atoms with Crippen LogP contribution in [0.4, 0.5) is 5.82 Å². The number of ether oxygens (including phenoxy) is 1. The van der Waals surface area contributed by atoms with Crippen molar-refractivity contribution in [2.24, 2.45) is 0 Å². The molecule has 0 aliphatic heterocycles. The number of rotatable bonds is 5. The minimum Gasteiger partial charge on any atom is -0.383 e. The molecule has 1 amide bonds. The number of nitrogens with two attached hydrogens (primary N) is 1. The number of H-pyrrole nitrogens is 2. The summed E-state index contributed by atoms with van der Waals surface area (Å²) in [6.07, 6.45) is 1.71. The van der Waals surface area contributed by atoms with E-state index >= 15 is 0 Å². The highest BCUT2D eigenvalue weighted by Crippen LogP contribution is 2.31. The number of nitrogens with one attached hydrogen (secondary N) is 3. The number of fused-ring (bicyclic) bond motifs is 2. The van der Waals surface area contributed by atoms with E-state index in [1.807, 2.05) is 30.3 Å². The van der Waals surface area contributed by atoms with Gasteiger partial charge in [0.05, 0.1) is 12.1 Å². The maximum absolute atomic E-state index is 12.3. The number of benzene rings is 1. The first-order chi connectivity index (χ1) is 12.7. The Morgan fingerprint density at radius 2 is 2.15 bits per heavy atom. The minimum absolute atomic E-state index is 0.194. The molecule has 8 nitrogen and oxygen atoms in total. The standard InChI is InChI=1S/C18H18N6O2/c1-26-7-6-21-18(25)15-9-12-11(4-5-20-17(12)22-15)10-2-3-14-13(8-10)16(19)24-23-14/h2-5,8-9H,6-7H2,1H3,(H,20,22)(H,21,25)(H3,19,23,24). The van der Waals surface area contributed by atoms with Crippen LogP contribution in [-0.4, -0.2) is 46.3 Å². The monoisotopic (exact) mass is 350 g/mol. The number of anilines is 1. The van der Waals surface area contributed by atoms with Crippen LogP contribution in [0, 0.1) is 0 Å². The Hall–Kier alpha value is -3.39. The number of nitrogen functional groups attached to an aromatic ring is 1. The molecule has 0 atom stereocenters. The molecule has 0 aliphatic carbocycles. The molecule has 0 saturated heterocycles. The van der Waals surface area contributed by atoms with E-state index in [0.29, 0.717) is 30.3 Å². The second-order valence-corrected chi connectivity index (χ2v) is 5.92. The summed E-state index contributed by atoms with van der Waals surface area (Å²) in [4.78, 5) is 19.7. The predicted octanol–water partition coefficient (Wildman–Crippen LogP) is 2.06. The van der Waals surface area contributed by atoms with Crippen molar-refractivity contribution in [2.75, 3.05) is 26.0 Å². The lowest BCUT2D eigenvalue weighted by Gasteiger charge is -2.03. The van der Waals surface area contributed by atoms with Gasteiger partial charge in [-0.15, -0.1) is 0 Å². The fourth-order valence-corrected chi connectivity index (χ4v) is 2.96. The number of methoxy groups -OCH3 is 1. The average molecular weight is 350 g/mol. The molecule has 0 spiro atoms. The number of carbonyl (C=O) groups excluding carboxylic acids is 1. The van der Waals surface area contributed by atoms with E-state index < -0.39 is 0 Å². The Bertz CT molecular complexity index is 1100. The molecule has 0 bridgehead atoms. The molecule has 0 unspecified atom stereocenters. The van der Waals surface area contributed by atoms with Crippen molar-refractivity contribution in [2.45, 2.75) is 0 Å². The molecule has 0 saturated carbocycles. The zero-order valence-corrected chi connectivity index (χ0v) is 14.2. The number of hydrogen-bond donors (Lipinski definition) is 4. The van der Waals surface area contributed by atoms with Crippen molar-refractivity contribution < 1.29 is 9.53 Å². The van der Waals surface area contributed by atoms with E-state index in [1.54, 1.807) is 13.3 Å². The predicted molar refractivity (Wildman–Crippen MR) is 99.8 cm³/mol. The van der Waals surface area contributed by atoms with Crippen molar-refractivity contribution in [3.05, 3.63) is 42.2 Å². The van der Waals surface area contributed by atoms with Gasteiger partial charge in [-0.1, -0.05) is 6.07 Å². The minimum atomic E-state index is -0.194. The van der Waals surface area contributed by atoms with Gasteiger partial charge in [-0.05, 0) is 35.4 Å². The Morgan fingerprint density at radius 1 is 1.27 bits per heavy atom. The highest BCUT2D eigenvalue weighted by Gasteiger charge is 2.14.